The molecular formula is C24H31N5O3S. The Labute approximate surface area is 194 Å². The van der Waals surface area contributed by atoms with Crippen LogP contribution in [0.25, 0.3) is 16.6 Å². The number of rotatable bonds is 8. The molecule has 33 heavy (non-hydrogen) atoms. The van der Waals surface area contributed by atoms with Crippen LogP contribution in [0.15, 0.2) is 36.4 Å². The third kappa shape index (κ3) is 4.29. The van der Waals surface area contributed by atoms with Crippen molar-refractivity contribution >= 4 is 38.2 Å². The second-order valence-electron chi connectivity index (χ2n) is 9.35. The van der Waals surface area contributed by atoms with E-state index in [2.05, 4.69) is 31.2 Å². The SMILES string of the molecule is CCN(c1cc2nn(-c3ccc(NC(C)C)cc3)c(C(N)=O)c2cc1C1(C)CC1)S(C)(=O)=O. The third-order valence-electron chi connectivity index (χ3n) is 6.20. The molecule has 0 aliphatic heterocycles. The van der Waals surface area contributed by atoms with Gasteiger partial charge in [0.05, 0.1) is 23.1 Å². The van der Waals surface area contributed by atoms with Gasteiger partial charge in [-0.25, -0.2) is 13.1 Å². The number of nitrogens with zero attached hydrogens (tertiary/aromatic N) is 3. The zero-order valence-corrected chi connectivity index (χ0v) is 20.5. The molecule has 4 rings (SSSR count). The van der Waals surface area contributed by atoms with E-state index < -0.39 is 15.9 Å². The zero-order valence-electron chi connectivity index (χ0n) is 19.7. The minimum atomic E-state index is -3.48. The van der Waals surface area contributed by atoms with E-state index in [-0.39, 0.29) is 11.1 Å². The van der Waals surface area contributed by atoms with Crippen molar-refractivity contribution in [1.82, 2.24) is 9.78 Å². The lowest BCUT2D eigenvalue weighted by Crippen LogP contribution is -2.31. The van der Waals surface area contributed by atoms with Gasteiger partial charge in [-0.1, -0.05) is 6.92 Å². The molecule has 0 spiro atoms. The first kappa shape index (κ1) is 23.1. The van der Waals surface area contributed by atoms with Crippen LogP contribution in [-0.4, -0.2) is 42.9 Å². The molecule has 8 nitrogen and oxygen atoms in total. The molecule has 3 aromatic rings. The van der Waals surface area contributed by atoms with Gasteiger partial charge in [0.15, 0.2) is 0 Å². The quantitative estimate of drug-likeness (QED) is 0.522. The van der Waals surface area contributed by atoms with Gasteiger partial charge < -0.3 is 11.1 Å². The van der Waals surface area contributed by atoms with Crippen molar-refractivity contribution in [2.75, 3.05) is 22.4 Å². The Hall–Kier alpha value is -3.07. The topological polar surface area (TPSA) is 110 Å². The Kier molecular flexibility index (Phi) is 5.64. The fourth-order valence-corrected chi connectivity index (χ4v) is 5.29. The summed E-state index contributed by atoms with van der Waals surface area (Å²) < 4.78 is 28.0. The van der Waals surface area contributed by atoms with E-state index in [1.807, 2.05) is 37.3 Å². The number of benzene rings is 2. The van der Waals surface area contributed by atoms with Gasteiger partial charge >= 0.3 is 0 Å². The standard InChI is InChI=1S/C24H31N5O3S/c1-6-28(33(5,31)32)21-14-20-18(13-19(21)24(4)11-12-24)22(23(25)30)29(27-20)17-9-7-16(8-10-17)26-15(2)3/h7-10,13-15,26H,6,11-12H2,1-5H3,(H2,25,30). The Morgan fingerprint density at radius 2 is 1.88 bits per heavy atom. The molecule has 1 saturated carbocycles. The predicted molar refractivity (Wildman–Crippen MR) is 133 cm³/mol. The molecule has 0 atom stereocenters. The van der Waals surface area contributed by atoms with E-state index in [1.165, 1.54) is 10.6 Å². The van der Waals surface area contributed by atoms with Gasteiger partial charge in [0.25, 0.3) is 5.91 Å². The summed E-state index contributed by atoms with van der Waals surface area (Å²) >= 11 is 0. The molecule has 1 aromatic heterocycles. The molecule has 1 amide bonds. The van der Waals surface area contributed by atoms with Crippen LogP contribution >= 0.6 is 0 Å². The van der Waals surface area contributed by atoms with E-state index >= 15 is 0 Å². The molecule has 0 bridgehead atoms. The maximum atomic E-state index is 12.5. The first-order valence-electron chi connectivity index (χ1n) is 11.2. The molecule has 1 aliphatic carbocycles. The average Bonchev–Trinajstić information content (AvgIpc) is 3.34. The number of amides is 1. The molecule has 0 radical (unpaired) electrons. The van der Waals surface area contributed by atoms with Crippen molar-refractivity contribution in [3.05, 3.63) is 47.7 Å². The lowest BCUT2D eigenvalue weighted by molar-refractivity contribution is 0.0994. The van der Waals surface area contributed by atoms with Crippen LogP contribution in [0, 0.1) is 0 Å². The molecular weight excluding hydrogens is 438 g/mol. The minimum absolute atomic E-state index is 0.136. The third-order valence-corrected chi connectivity index (χ3v) is 7.45. The summed E-state index contributed by atoms with van der Waals surface area (Å²) in [5, 5.41) is 8.63. The van der Waals surface area contributed by atoms with E-state index in [9.17, 15) is 13.2 Å². The smallest absolute Gasteiger partial charge is 0.268 e. The van der Waals surface area contributed by atoms with Gasteiger partial charge in [0, 0.05) is 23.7 Å². The Morgan fingerprint density at radius 3 is 2.36 bits per heavy atom. The molecule has 1 aliphatic rings. The predicted octanol–water partition coefficient (Wildman–Crippen LogP) is 3.78. The van der Waals surface area contributed by atoms with Crippen LogP contribution in [0.1, 0.15) is 56.6 Å². The van der Waals surface area contributed by atoms with Crippen molar-refractivity contribution in [3.8, 4) is 5.69 Å². The molecule has 9 heteroatoms. The summed E-state index contributed by atoms with van der Waals surface area (Å²) in [5.41, 5.74) is 9.66. The van der Waals surface area contributed by atoms with Gasteiger partial charge in [0.2, 0.25) is 10.0 Å². The van der Waals surface area contributed by atoms with Crippen LogP contribution in [0.3, 0.4) is 0 Å². The van der Waals surface area contributed by atoms with Crippen molar-refractivity contribution in [2.24, 2.45) is 5.73 Å². The molecule has 2 aromatic carbocycles. The minimum Gasteiger partial charge on any atom is -0.383 e. The number of anilines is 2. The molecule has 1 fully saturated rings. The van der Waals surface area contributed by atoms with E-state index in [4.69, 9.17) is 5.73 Å². The number of carbonyl (C=O) groups excluding carboxylic acids is 1. The van der Waals surface area contributed by atoms with Crippen molar-refractivity contribution < 1.29 is 13.2 Å². The number of nitrogens with one attached hydrogen (secondary N) is 1. The van der Waals surface area contributed by atoms with E-state index in [1.54, 1.807) is 10.7 Å². The summed E-state index contributed by atoms with van der Waals surface area (Å²) in [6.07, 6.45) is 3.12. The Bertz CT molecular complexity index is 1320. The molecule has 0 saturated heterocycles. The Morgan fingerprint density at radius 1 is 1.24 bits per heavy atom. The lowest BCUT2D eigenvalue weighted by atomic mass is 9.94. The van der Waals surface area contributed by atoms with Gasteiger partial charge in [-0.2, -0.15) is 5.10 Å². The molecule has 3 N–H and O–H groups in total. The highest BCUT2D eigenvalue weighted by Crippen LogP contribution is 2.52. The fraction of sp³-hybridized carbons (Fsp3) is 0.417. The zero-order chi connectivity index (χ0) is 24.1. The molecule has 0 unspecified atom stereocenters. The molecule has 176 valence electrons. The number of primary amides is 1. The largest absolute Gasteiger partial charge is 0.383 e. The van der Waals surface area contributed by atoms with Gasteiger partial charge in [-0.3, -0.25) is 9.10 Å². The number of sulfonamides is 1. The number of aromatic nitrogens is 2. The van der Waals surface area contributed by atoms with Crippen molar-refractivity contribution in [1.29, 1.82) is 0 Å². The first-order valence-corrected chi connectivity index (χ1v) is 13.0. The second kappa shape index (κ2) is 8.06. The number of fused-ring (bicyclic) bond motifs is 1. The van der Waals surface area contributed by atoms with Crippen molar-refractivity contribution in [3.63, 3.8) is 0 Å². The van der Waals surface area contributed by atoms with Crippen LogP contribution in [0.2, 0.25) is 0 Å². The van der Waals surface area contributed by atoms with Crippen LogP contribution < -0.4 is 15.4 Å². The second-order valence-corrected chi connectivity index (χ2v) is 11.3. The summed E-state index contributed by atoms with van der Waals surface area (Å²) in [6, 6.07) is 11.6. The maximum Gasteiger partial charge on any atom is 0.268 e. The normalized spacial score (nSPS) is 15.1. The number of hydrogen-bond donors (Lipinski definition) is 2. The monoisotopic (exact) mass is 469 g/mol. The van der Waals surface area contributed by atoms with E-state index in [0.717, 1.165) is 24.1 Å². The summed E-state index contributed by atoms with van der Waals surface area (Å²) in [6.45, 7) is 8.35. The highest BCUT2D eigenvalue weighted by atomic mass is 32.2. The maximum absolute atomic E-state index is 12.5. The number of carbonyl (C=O) groups is 1. The number of nitrogens with two attached hydrogens (primary N) is 1. The Balaban J connectivity index is 1.94. The molecule has 1 heterocycles. The first-order chi connectivity index (χ1) is 15.4. The van der Waals surface area contributed by atoms with Crippen LogP contribution in [-0.2, 0) is 15.4 Å². The van der Waals surface area contributed by atoms with Gasteiger partial charge in [-0.05, 0) is 81.0 Å². The lowest BCUT2D eigenvalue weighted by Gasteiger charge is -2.26. The summed E-state index contributed by atoms with van der Waals surface area (Å²) in [7, 11) is -3.48. The van der Waals surface area contributed by atoms with Gasteiger partial charge in [-0.15, -0.1) is 0 Å². The fourth-order valence-electron chi connectivity index (χ4n) is 4.31. The van der Waals surface area contributed by atoms with Gasteiger partial charge in [0.1, 0.15) is 5.69 Å². The summed E-state index contributed by atoms with van der Waals surface area (Å²) in [5.74, 6) is -0.586. The van der Waals surface area contributed by atoms with Crippen molar-refractivity contribution in [2.45, 2.75) is 52.0 Å². The van der Waals surface area contributed by atoms with Crippen LogP contribution in [0.5, 0.6) is 0 Å². The van der Waals surface area contributed by atoms with E-state index in [0.29, 0.717) is 34.9 Å². The highest BCUT2D eigenvalue weighted by molar-refractivity contribution is 7.92. The number of hydrogen-bond acceptors (Lipinski definition) is 5. The summed E-state index contributed by atoms with van der Waals surface area (Å²) in [4.78, 5) is 12.5. The highest BCUT2D eigenvalue weighted by Gasteiger charge is 2.42. The average molecular weight is 470 g/mol. The van der Waals surface area contributed by atoms with Crippen LogP contribution in [0.4, 0.5) is 11.4 Å².